The van der Waals surface area contributed by atoms with Crippen LogP contribution in [0.25, 0.3) is 0 Å². The van der Waals surface area contributed by atoms with Gasteiger partial charge < -0.3 is 9.47 Å². The Hall–Kier alpha value is -0.130. The minimum absolute atomic E-state index is 0. The Morgan fingerprint density at radius 1 is 1.00 bits per heavy atom. The summed E-state index contributed by atoms with van der Waals surface area (Å²) in [6.45, 7) is 0. The predicted molar refractivity (Wildman–Crippen MR) is 58.6 cm³/mol. The fourth-order valence-electron chi connectivity index (χ4n) is 0.979. The van der Waals surface area contributed by atoms with E-state index in [4.69, 9.17) is 9.47 Å². The van der Waals surface area contributed by atoms with E-state index in [-0.39, 0.29) is 30.3 Å². The van der Waals surface area contributed by atoms with Crippen LogP contribution in [0.4, 0.5) is 0 Å². The van der Waals surface area contributed by atoms with Crippen LogP contribution in [0.15, 0.2) is 30.3 Å². The molecule has 0 bridgehead atoms. The molecule has 3 heteroatoms. The monoisotopic (exact) mass is 280 g/mol. The highest BCUT2D eigenvalue weighted by Crippen LogP contribution is 2.15. The number of benzene rings is 1. The molecule has 1 aromatic carbocycles. The Morgan fingerprint density at radius 3 is 1.92 bits per heavy atom. The molecule has 0 aliphatic rings. The summed E-state index contributed by atoms with van der Waals surface area (Å²) in [5.41, 5.74) is 1.04. The van der Waals surface area contributed by atoms with E-state index in [1.54, 1.807) is 14.2 Å². The highest BCUT2D eigenvalue weighted by Gasteiger charge is 2.05. The van der Waals surface area contributed by atoms with Gasteiger partial charge in [-0.15, -0.1) is 24.0 Å². The highest BCUT2D eigenvalue weighted by molar-refractivity contribution is 14.0. The topological polar surface area (TPSA) is 18.5 Å². The zero-order valence-corrected chi connectivity index (χ0v) is 9.52. The van der Waals surface area contributed by atoms with Crippen LogP contribution in [0, 0.1) is 0 Å². The van der Waals surface area contributed by atoms with E-state index >= 15 is 0 Å². The number of halogens is 1. The van der Waals surface area contributed by atoms with Crippen LogP contribution in [0.3, 0.4) is 0 Å². The zero-order chi connectivity index (χ0) is 8.10. The fourth-order valence-corrected chi connectivity index (χ4v) is 0.979. The van der Waals surface area contributed by atoms with E-state index in [1.165, 1.54) is 0 Å². The Bertz CT molecular complexity index is 197. The van der Waals surface area contributed by atoms with Crippen molar-refractivity contribution in [3.63, 3.8) is 0 Å². The Morgan fingerprint density at radius 2 is 1.50 bits per heavy atom. The molecule has 0 saturated carbocycles. The van der Waals surface area contributed by atoms with Gasteiger partial charge in [-0.3, -0.25) is 0 Å². The summed E-state index contributed by atoms with van der Waals surface area (Å²) in [5, 5.41) is 0. The zero-order valence-electron chi connectivity index (χ0n) is 7.19. The van der Waals surface area contributed by atoms with Gasteiger partial charge in [0.2, 0.25) is 0 Å². The summed E-state index contributed by atoms with van der Waals surface area (Å²) in [4.78, 5) is 0. The number of methoxy groups -OCH3 is 2. The first-order chi connectivity index (χ1) is 5.38. The molecule has 0 radical (unpaired) electrons. The lowest BCUT2D eigenvalue weighted by Crippen LogP contribution is -2.02. The third kappa shape index (κ3) is 3.08. The lowest BCUT2D eigenvalue weighted by atomic mass is 10.2. The van der Waals surface area contributed by atoms with Gasteiger partial charge in [0, 0.05) is 19.8 Å². The normalized spacial score (nSPS) is 9.58. The van der Waals surface area contributed by atoms with E-state index in [2.05, 4.69) is 0 Å². The van der Waals surface area contributed by atoms with Gasteiger partial charge >= 0.3 is 0 Å². The molecule has 0 saturated heterocycles. The molecule has 0 fully saturated rings. The molecular weight excluding hydrogens is 267 g/mol. The summed E-state index contributed by atoms with van der Waals surface area (Å²) < 4.78 is 10.1. The maximum Gasteiger partial charge on any atom is 0.183 e. The standard InChI is InChI=1S/C9H12O2.HI/c1-10-9(11-2)8-6-4-3-5-7-8;/h3-7,9H,1-2H3;1H. The van der Waals surface area contributed by atoms with Crippen molar-refractivity contribution in [3.8, 4) is 0 Å². The Kier molecular flexibility index (Phi) is 6.32. The van der Waals surface area contributed by atoms with Gasteiger partial charge in [-0.25, -0.2) is 0 Å². The first kappa shape index (κ1) is 11.9. The molecule has 0 spiro atoms. The first-order valence-corrected chi connectivity index (χ1v) is 3.49. The highest BCUT2D eigenvalue weighted by atomic mass is 127. The van der Waals surface area contributed by atoms with Gasteiger partial charge in [0.15, 0.2) is 6.29 Å². The molecule has 1 aromatic rings. The number of hydrogen-bond acceptors (Lipinski definition) is 2. The van der Waals surface area contributed by atoms with Crippen molar-refractivity contribution in [2.24, 2.45) is 0 Å². The molecule has 0 unspecified atom stereocenters. The molecule has 2 nitrogen and oxygen atoms in total. The molecule has 0 amide bonds. The van der Waals surface area contributed by atoms with Crippen molar-refractivity contribution in [2.45, 2.75) is 6.29 Å². The predicted octanol–water partition coefficient (Wildman–Crippen LogP) is 2.60. The van der Waals surface area contributed by atoms with Gasteiger partial charge in [-0.05, 0) is 0 Å². The van der Waals surface area contributed by atoms with Crippen LogP contribution >= 0.6 is 24.0 Å². The lowest BCUT2D eigenvalue weighted by Gasteiger charge is -2.12. The van der Waals surface area contributed by atoms with E-state index in [1.807, 2.05) is 30.3 Å². The second-order valence-corrected chi connectivity index (χ2v) is 2.21. The molecule has 68 valence electrons. The third-order valence-corrected chi connectivity index (χ3v) is 1.50. The molecule has 0 heterocycles. The maximum atomic E-state index is 5.06. The molecule has 1 rings (SSSR count). The number of rotatable bonds is 3. The third-order valence-electron chi connectivity index (χ3n) is 1.50. The summed E-state index contributed by atoms with van der Waals surface area (Å²) in [6.07, 6.45) is -0.240. The lowest BCUT2D eigenvalue weighted by molar-refractivity contribution is -0.106. The van der Waals surface area contributed by atoms with Gasteiger partial charge in [-0.1, -0.05) is 30.3 Å². The average molecular weight is 280 g/mol. The van der Waals surface area contributed by atoms with Crippen LogP contribution in [0.2, 0.25) is 0 Å². The van der Waals surface area contributed by atoms with Crippen LogP contribution in [0.1, 0.15) is 11.9 Å². The Labute approximate surface area is 89.9 Å². The molecule has 0 aliphatic carbocycles. The summed E-state index contributed by atoms with van der Waals surface area (Å²) in [6, 6.07) is 9.82. The van der Waals surface area contributed by atoms with Crippen molar-refractivity contribution in [3.05, 3.63) is 35.9 Å². The van der Waals surface area contributed by atoms with Crippen molar-refractivity contribution in [1.29, 1.82) is 0 Å². The van der Waals surface area contributed by atoms with Crippen molar-refractivity contribution in [2.75, 3.05) is 14.2 Å². The molecule has 0 aliphatic heterocycles. The van der Waals surface area contributed by atoms with Crippen LogP contribution in [-0.2, 0) is 9.47 Å². The minimum atomic E-state index is -0.240. The van der Waals surface area contributed by atoms with Crippen molar-refractivity contribution in [1.82, 2.24) is 0 Å². The van der Waals surface area contributed by atoms with E-state index in [0.29, 0.717) is 0 Å². The van der Waals surface area contributed by atoms with Crippen molar-refractivity contribution < 1.29 is 9.47 Å². The average Bonchev–Trinajstić information content (AvgIpc) is 2.09. The summed E-state index contributed by atoms with van der Waals surface area (Å²) in [7, 11) is 3.25. The van der Waals surface area contributed by atoms with E-state index < -0.39 is 0 Å². The van der Waals surface area contributed by atoms with Gasteiger partial charge in [-0.2, -0.15) is 0 Å². The van der Waals surface area contributed by atoms with Crippen LogP contribution < -0.4 is 0 Å². The summed E-state index contributed by atoms with van der Waals surface area (Å²) >= 11 is 0. The molecule has 12 heavy (non-hydrogen) atoms. The largest absolute Gasteiger partial charge is 0.352 e. The smallest absolute Gasteiger partial charge is 0.183 e. The van der Waals surface area contributed by atoms with Gasteiger partial charge in [0.25, 0.3) is 0 Å². The second kappa shape index (κ2) is 6.39. The minimum Gasteiger partial charge on any atom is -0.352 e. The van der Waals surface area contributed by atoms with Gasteiger partial charge in [0.1, 0.15) is 0 Å². The van der Waals surface area contributed by atoms with Crippen molar-refractivity contribution >= 4 is 24.0 Å². The Balaban J connectivity index is 0.00000121. The van der Waals surface area contributed by atoms with Crippen LogP contribution in [0.5, 0.6) is 0 Å². The molecular formula is C9H13IO2. The number of ether oxygens (including phenoxy) is 2. The molecule has 0 aromatic heterocycles. The fraction of sp³-hybridized carbons (Fsp3) is 0.333. The van der Waals surface area contributed by atoms with Crippen LogP contribution in [-0.4, -0.2) is 14.2 Å². The SMILES string of the molecule is COC(OC)c1ccccc1.I. The molecule has 0 atom stereocenters. The quantitative estimate of drug-likeness (QED) is 0.626. The maximum absolute atomic E-state index is 5.06. The summed E-state index contributed by atoms with van der Waals surface area (Å²) in [5.74, 6) is 0. The molecule has 0 N–H and O–H groups in total. The first-order valence-electron chi connectivity index (χ1n) is 3.49. The number of hydrogen-bond donors (Lipinski definition) is 0. The van der Waals surface area contributed by atoms with E-state index in [9.17, 15) is 0 Å². The van der Waals surface area contributed by atoms with Gasteiger partial charge in [0.05, 0.1) is 0 Å². The second-order valence-electron chi connectivity index (χ2n) is 2.21. The van der Waals surface area contributed by atoms with E-state index in [0.717, 1.165) is 5.56 Å².